The van der Waals surface area contributed by atoms with E-state index >= 15 is 0 Å². The molecule has 8 nitrogen and oxygen atoms in total. The summed E-state index contributed by atoms with van der Waals surface area (Å²) in [6.07, 6.45) is 2.48. The molecule has 2 heterocycles. The topological polar surface area (TPSA) is 108 Å². The molecule has 0 radical (unpaired) electrons. The molecule has 9 heteroatoms. The van der Waals surface area contributed by atoms with Crippen LogP contribution < -0.4 is 14.9 Å². The van der Waals surface area contributed by atoms with Crippen LogP contribution in [0.2, 0.25) is 0 Å². The highest BCUT2D eigenvalue weighted by molar-refractivity contribution is 7.89. The van der Waals surface area contributed by atoms with Gasteiger partial charge in [0.05, 0.1) is 4.90 Å². The minimum absolute atomic E-state index is 0.0134. The first-order chi connectivity index (χ1) is 14.7. The number of sulfonamides is 1. The Labute approximate surface area is 182 Å². The van der Waals surface area contributed by atoms with E-state index in [0.717, 1.165) is 29.8 Å². The molecule has 2 N–H and O–H groups in total. The van der Waals surface area contributed by atoms with Gasteiger partial charge < -0.3 is 10.2 Å². The van der Waals surface area contributed by atoms with Crippen LogP contribution in [-0.4, -0.2) is 37.8 Å². The number of hydrogen-bond acceptors (Lipinski definition) is 5. The van der Waals surface area contributed by atoms with Gasteiger partial charge in [-0.25, -0.2) is 18.1 Å². The highest BCUT2D eigenvalue weighted by Crippen LogP contribution is 2.39. The molecule has 31 heavy (non-hydrogen) atoms. The second-order valence-corrected chi connectivity index (χ2v) is 9.95. The molecule has 2 amide bonds. The van der Waals surface area contributed by atoms with Crippen molar-refractivity contribution in [2.45, 2.75) is 50.5 Å². The molecule has 1 aromatic heterocycles. The number of nitrogens with one attached hydrogen (secondary N) is 2. The number of pyridine rings is 1. The fraction of sp³-hybridized carbons (Fsp3) is 0.409. The molecule has 1 fully saturated rings. The van der Waals surface area contributed by atoms with Gasteiger partial charge >= 0.3 is 0 Å². The van der Waals surface area contributed by atoms with Crippen LogP contribution in [0.25, 0.3) is 0 Å². The van der Waals surface area contributed by atoms with Crippen LogP contribution in [-0.2, 0) is 26.0 Å². The molecule has 0 unspecified atom stereocenters. The lowest BCUT2D eigenvalue weighted by atomic mass is 10.1. The van der Waals surface area contributed by atoms with Crippen LogP contribution in [0.3, 0.4) is 0 Å². The number of anilines is 2. The first-order valence-electron chi connectivity index (χ1n) is 10.4. The molecule has 164 valence electrons. The summed E-state index contributed by atoms with van der Waals surface area (Å²) in [5.74, 6) is 0.359. The molecule has 2 aromatic rings. The summed E-state index contributed by atoms with van der Waals surface area (Å²) in [6, 6.07) is 10.2. The number of aryl methyl sites for hydroxylation is 1. The van der Waals surface area contributed by atoms with Gasteiger partial charge in [0.2, 0.25) is 21.8 Å². The van der Waals surface area contributed by atoms with Crippen molar-refractivity contribution in [3.63, 3.8) is 0 Å². The van der Waals surface area contributed by atoms with E-state index in [9.17, 15) is 18.0 Å². The van der Waals surface area contributed by atoms with Gasteiger partial charge in [-0.1, -0.05) is 6.07 Å². The third-order valence-corrected chi connectivity index (χ3v) is 7.00. The Morgan fingerprint density at radius 1 is 1.19 bits per heavy atom. The molecular weight excluding hydrogens is 416 g/mol. The Bertz CT molecular complexity index is 1130. The lowest BCUT2D eigenvalue weighted by Crippen LogP contribution is -2.36. The van der Waals surface area contributed by atoms with Crippen molar-refractivity contribution >= 4 is 33.3 Å². The van der Waals surface area contributed by atoms with Crippen LogP contribution in [0.15, 0.2) is 41.3 Å². The maximum atomic E-state index is 12.7. The molecule has 1 atom stereocenters. The standard InChI is InChI=1S/C22H26N4O4S/c1-14-4-3-5-20(24-14)25-21(27)10-11-23-31(29,30)18-8-9-19-17(13-18)12-15(2)26(19)22(28)16-6-7-16/h3-5,8-9,13,15-16,23H,6-7,10-12H2,1-2H3,(H,24,25,27)/t15-/m0/s1. The van der Waals surface area contributed by atoms with E-state index in [1.807, 2.05) is 19.9 Å². The molecule has 4 rings (SSSR count). The van der Waals surface area contributed by atoms with Crippen LogP contribution >= 0.6 is 0 Å². The Morgan fingerprint density at radius 3 is 2.68 bits per heavy atom. The van der Waals surface area contributed by atoms with E-state index in [4.69, 9.17) is 0 Å². The number of carbonyl (C=O) groups is 2. The van der Waals surface area contributed by atoms with Crippen molar-refractivity contribution < 1.29 is 18.0 Å². The van der Waals surface area contributed by atoms with E-state index in [1.165, 1.54) is 6.07 Å². The van der Waals surface area contributed by atoms with Gasteiger partial charge in [0, 0.05) is 36.3 Å². The number of benzene rings is 1. The van der Waals surface area contributed by atoms with Crippen LogP contribution in [0.5, 0.6) is 0 Å². The fourth-order valence-electron chi connectivity index (χ4n) is 3.84. The Kier molecular flexibility index (Phi) is 5.81. The first kappa shape index (κ1) is 21.5. The van der Waals surface area contributed by atoms with Gasteiger partial charge in [0.25, 0.3) is 0 Å². The zero-order chi connectivity index (χ0) is 22.2. The van der Waals surface area contributed by atoms with E-state index in [2.05, 4.69) is 15.0 Å². The number of aromatic nitrogens is 1. The SMILES string of the molecule is Cc1cccc(NC(=O)CCNS(=O)(=O)c2ccc3c(c2)C[C@H](C)N3C(=O)C2CC2)n1. The van der Waals surface area contributed by atoms with Gasteiger partial charge in [0.15, 0.2) is 0 Å². The molecule has 2 aliphatic rings. The van der Waals surface area contributed by atoms with E-state index in [1.54, 1.807) is 29.2 Å². The van der Waals surface area contributed by atoms with Gasteiger partial charge in [-0.15, -0.1) is 0 Å². The fourth-order valence-corrected chi connectivity index (χ4v) is 4.92. The highest BCUT2D eigenvalue weighted by atomic mass is 32.2. The third kappa shape index (κ3) is 4.77. The zero-order valence-electron chi connectivity index (χ0n) is 17.6. The summed E-state index contributed by atoms with van der Waals surface area (Å²) in [7, 11) is -3.77. The molecule has 0 saturated heterocycles. The number of rotatable bonds is 7. The molecule has 1 saturated carbocycles. The summed E-state index contributed by atoms with van der Waals surface area (Å²) in [4.78, 5) is 30.8. The highest BCUT2D eigenvalue weighted by Gasteiger charge is 2.39. The van der Waals surface area contributed by atoms with Crippen LogP contribution in [0.1, 0.15) is 37.4 Å². The molecule has 1 aromatic carbocycles. The average Bonchev–Trinajstić information content (AvgIpc) is 3.49. The maximum Gasteiger partial charge on any atom is 0.240 e. The smallest absolute Gasteiger partial charge is 0.240 e. The molecule has 1 aliphatic heterocycles. The van der Waals surface area contributed by atoms with Gasteiger partial charge in [-0.05, 0) is 69.0 Å². The minimum atomic E-state index is -3.77. The van der Waals surface area contributed by atoms with Gasteiger partial charge in [0.1, 0.15) is 5.82 Å². The molecule has 0 bridgehead atoms. The average molecular weight is 443 g/mol. The number of amides is 2. The first-order valence-corrected chi connectivity index (χ1v) is 11.9. The molecule has 0 spiro atoms. The predicted octanol–water partition coefficient (Wildman–Crippen LogP) is 2.38. The minimum Gasteiger partial charge on any atom is -0.311 e. The number of fused-ring (bicyclic) bond motifs is 1. The number of carbonyl (C=O) groups excluding carboxylic acids is 2. The summed E-state index contributed by atoms with van der Waals surface area (Å²) in [5, 5.41) is 2.65. The van der Waals surface area contributed by atoms with Crippen molar-refractivity contribution in [2.75, 3.05) is 16.8 Å². The maximum absolute atomic E-state index is 12.7. The monoisotopic (exact) mass is 442 g/mol. The van der Waals surface area contributed by atoms with Crippen molar-refractivity contribution in [2.24, 2.45) is 5.92 Å². The molecule has 1 aliphatic carbocycles. The van der Waals surface area contributed by atoms with E-state index in [-0.39, 0.29) is 41.6 Å². The van der Waals surface area contributed by atoms with E-state index < -0.39 is 10.0 Å². The molecular formula is C22H26N4O4S. The quantitative estimate of drug-likeness (QED) is 0.684. The van der Waals surface area contributed by atoms with Gasteiger partial charge in [-0.3, -0.25) is 9.59 Å². The summed E-state index contributed by atoms with van der Waals surface area (Å²) in [6.45, 7) is 3.77. The second kappa shape index (κ2) is 8.39. The number of nitrogens with zero attached hydrogens (tertiary/aromatic N) is 2. The van der Waals surface area contributed by atoms with Crippen LogP contribution in [0, 0.1) is 12.8 Å². The second-order valence-electron chi connectivity index (χ2n) is 8.19. The summed E-state index contributed by atoms with van der Waals surface area (Å²) in [5.41, 5.74) is 2.43. The van der Waals surface area contributed by atoms with Crippen molar-refractivity contribution in [1.82, 2.24) is 9.71 Å². The summed E-state index contributed by atoms with van der Waals surface area (Å²) >= 11 is 0. The van der Waals surface area contributed by atoms with Crippen molar-refractivity contribution in [3.8, 4) is 0 Å². The van der Waals surface area contributed by atoms with E-state index in [0.29, 0.717) is 12.2 Å². The Balaban J connectivity index is 1.37. The number of hydrogen-bond donors (Lipinski definition) is 2. The lowest BCUT2D eigenvalue weighted by Gasteiger charge is -2.22. The Morgan fingerprint density at radius 2 is 1.97 bits per heavy atom. The summed E-state index contributed by atoms with van der Waals surface area (Å²) < 4.78 is 27.9. The van der Waals surface area contributed by atoms with Crippen molar-refractivity contribution in [1.29, 1.82) is 0 Å². The zero-order valence-corrected chi connectivity index (χ0v) is 18.4. The lowest BCUT2D eigenvalue weighted by molar-refractivity contribution is -0.120. The predicted molar refractivity (Wildman–Crippen MR) is 117 cm³/mol. The largest absolute Gasteiger partial charge is 0.311 e. The van der Waals surface area contributed by atoms with Crippen molar-refractivity contribution in [3.05, 3.63) is 47.7 Å². The van der Waals surface area contributed by atoms with Gasteiger partial charge in [-0.2, -0.15) is 0 Å². The van der Waals surface area contributed by atoms with Crippen LogP contribution in [0.4, 0.5) is 11.5 Å². The normalized spacial score (nSPS) is 18.0. The Hall–Kier alpha value is -2.78. The third-order valence-electron chi connectivity index (χ3n) is 5.54.